The van der Waals surface area contributed by atoms with Crippen LogP contribution in [0.25, 0.3) is 0 Å². The van der Waals surface area contributed by atoms with Crippen LogP contribution in [-0.2, 0) is 10.9 Å². The standard InChI is InChI=1S/C25H37F3N2O3/c1-23(2,3)21-15-19(33-22(29)31)10-13-30(21)16-20(24(32)11-5-4-6-12-24)17-8-7-9-18(14-17)25(26,27)28/h7-9,14,19-21,32H,4-6,10-13,15-16H2,1-3H3,(H2,29,31). The van der Waals surface area contributed by atoms with Gasteiger partial charge >= 0.3 is 12.3 Å². The first-order valence-corrected chi connectivity index (χ1v) is 11.9. The smallest absolute Gasteiger partial charge is 0.416 e. The summed E-state index contributed by atoms with van der Waals surface area (Å²) in [7, 11) is 0. The Labute approximate surface area is 194 Å². The van der Waals surface area contributed by atoms with Crippen molar-refractivity contribution in [3.8, 4) is 0 Å². The van der Waals surface area contributed by atoms with Gasteiger partial charge in [-0.25, -0.2) is 4.79 Å². The molecule has 1 amide bonds. The van der Waals surface area contributed by atoms with E-state index in [4.69, 9.17) is 10.5 Å². The SMILES string of the molecule is CC(C)(C)C1CC(OC(N)=O)CCN1CC(c1cccc(C(F)(F)F)c1)C1(O)CCCCC1. The quantitative estimate of drug-likeness (QED) is 0.599. The van der Waals surface area contributed by atoms with E-state index in [1.165, 1.54) is 12.1 Å². The predicted molar refractivity (Wildman–Crippen MR) is 121 cm³/mol. The van der Waals surface area contributed by atoms with Crippen molar-refractivity contribution < 1.29 is 27.8 Å². The summed E-state index contributed by atoms with van der Waals surface area (Å²) in [6.45, 7) is 7.37. The molecule has 1 aliphatic carbocycles. The third-order valence-electron chi connectivity index (χ3n) is 7.35. The van der Waals surface area contributed by atoms with Crippen LogP contribution in [0.1, 0.15) is 82.8 Å². The average Bonchev–Trinajstić information content (AvgIpc) is 2.71. The third kappa shape index (κ3) is 6.41. The Kier molecular flexibility index (Phi) is 7.68. The molecule has 8 heteroatoms. The maximum atomic E-state index is 13.5. The van der Waals surface area contributed by atoms with Crippen molar-refractivity contribution in [1.82, 2.24) is 4.90 Å². The van der Waals surface area contributed by atoms with Crippen LogP contribution >= 0.6 is 0 Å². The normalized spacial score (nSPS) is 25.4. The van der Waals surface area contributed by atoms with Crippen molar-refractivity contribution >= 4 is 6.09 Å². The number of benzene rings is 1. The molecule has 5 nitrogen and oxygen atoms in total. The van der Waals surface area contributed by atoms with Crippen LogP contribution in [0.15, 0.2) is 24.3 Å². The van der Waals surface area contributed by atoms with Gasteiger partial charge in [0.1, 0.15) is 6.10 Å². The molecule has 2 aliphatic rings. The van der Waals surface area contributed by atoms with Crippen LogP contribution in [0.4, 0.5) is 18.0 Å². The Bertz CT molecular complexity index is 816. The van der Waals surface area contributed by atoms with Crippen molar-refractivity contribution in [3.05, 3.63) is 35.4 Å². The summed E-state index contributed by atoms with van der Waals surface area (Å²) in [5.41, 5.74) is 3.86. The monoisotopic (exact) mass is 470 g/mol. The first-order chi connectivity index (χ1) is 15.3. The summed E-state index contributed by atoms with van der Waals surface area (Å²) in [6, 6.07) is 5.45. The van der Waals surface area contributed by atoms with Crippen molar-refractivity contribution in [2.75, 3.05) is 13.1 Å². The zero-order valence-electron chi connectivity index (χ0n) is 19.8. The number of hydrogen-bond acceptors (Lipinski definition) is 4. The Morgan fingerprint density at radius 3 is 2.48 bits per heavy atom. The molecule has 0 aromatic heterocycles. The second-order valence-electron chi connectivity index (χ2n) is 10.8. The number of ether oxygens (including phenoxy) is 1. The number of carbonyl (C=O) groups excluding carboxylic acids is 1. The van der Waals surface area contributed by atoms with E-state index >= 15 is 0 Å². The van der Waals surface area contributed by atoms with Gasteiger partial charge in [0.05, 0.1) is 11.2 Å². The van der Waals surface area contributed by atoms with Gasteiger partial charge in [-0.2, -0.15) is 13.2 Å². The Morgan fingerprint density at radius 2 is 1.91 bits per heavy atom. The Hall–Kier alpha value is -1.80. The van der Waals surface area contributed by atoms with Crippen LogP contribution in [0.2, 0.25) is 0 Å². The highest BCUT2D eigenvalue weighted by Gasteiger charge is 2.44. The molecule has 2 fully saturated rings. The van der Waals surface area contributed by atoms with Gasteiger partial charge in [0.25, 0.3) is 0 Å². The van der Waals surface area contributed by atoms with Crippen molar-refractivity contribution in [2.24, 2.45) is 11.1 Å². The number of piperidine rings is 1. The van der Waals surface area contributed by atoms with Gasteiger partial charge in [-0.15, -0.1) is 0 Å². The highest BCUT2D eigenvalue weighted by Crippen LogP contribution is 2.44. The minimum atomic E-state index is -4.44. The molecular formula is C25H37F3N2O3. The molecule has 33 heavy (non-hydrogen) atoms. The van der Waals surface area contributed by atoms with Gasteiger partial charge < -0.3 is 15.6 Å². The van der Waals surface area contributed by atoms with E-state index < -0.39 is 29.4 Å². The molecule has 186 valence electrons. The second-order valence-corrected chi connectivity index (χ2v) is 10.8. The number of halogens is 3. The first-order valence-electron chi connectivity index (χ1n) is 11.9. The molecule has 0 spiro atoms. The van der Waals surface area contributed by atoms with Crippen LogP contribution < -0.4 is 5.73 Å². The second kappa shape index (κ2) is 9.82. The Balaban J connectivity index is 1.93. The first kappa shape index (κ1) is 25.8. The van der Waals surface area contributed by atoms with Crippen LogP contribution in [0.5, 0.6) is 0 Å². The molecule has 3 rings (SSSR count). The predicted octanol–water partition coefficient (Wildman–Crippen LogP) is 5.46. The number of likely N-dealkylation sites (tertiary alicyclic amines) is 1. The van der Waals surface area contributed by atoms with E-state index in [1.54, 1.807) is 6.07 Å². The molecule has 3 atom stereocenters. The highest BCUT2D eigenvalue weighted by atomic mass is 19.4. The van der Waals surface area contributed by atoms with Gasteiger partial charge in [-0.1, -0.05) is 58.2 Å². The summed E-state index contributed by atoms with van der Waals surface area (Å²) in [4.78, 5) is 13.6. The number of nitrogens with zero attached hydrogens (tertiary/aromatic N) is 1. The number of alkyl halides is 3. The van der Waals surface area contributed by atoms with Gasteiger partial charge in [0.2, 0.25) is 0 Å². The van der Waals surface area contributed by atoms with Crippen molar-refractivity contribution in [3.63, 3.8) is 0 Å². The molecule has 3 unspecified atom stereocenters. The fourth-order valence-corrected chi connectivity index (χ4v) is 5.64. The molecule has 1 aromatic rings. The molecule has 1 saturated heterocycles. The number of rotatable bonds is 5. The molecular weight excluding hydrogens is 433 g/mol. The van der Waals surface area contributed by atoms with E-state index in [9.17, 15) is 23.1 Å². The molecule has 1 saturated carbocycles. The lowest BCUT2D eigenvalue weighted by Gasteiger charge is -2.49. The zero-order chi connectivity index (χ0) is 24.4. The lowest BCUT2D eigenvalue weighted by molar-refractivity contribution is -0.137. The number of carbonyl (C=O) groups is 1. The molecule has 1 aromatic carbocycles. The maximum Gasteiger partial charge on any atom is 0.416 e. The van der Waals surface area contributed by atoms with Gasteiger partial charge in [0, 0.05) is 31.5 Å². The Morgan fingerprint density at radius 1 is 1.24 bits per heavy atom. The number of aliphatic hydroxyl groups is 1. The van der Waals surface area contributed by atoms with Gasteiger partial charge in [-0.05, 0) is 36.3 Å². The average molecular weight is 471 g/mol. The number of primary amides is 1. The topological polar surface area (TPSA) is 75.8 Å². The third-order valence-corrected chi connectivity index (χ3v) is 7.35. The lowest BCUT2D eigenvalue weighted by atomic mass is 9.71. The van der Waals surface area contributed by atoms with Crippen LogP contribution in [0, 0.1) is 5.41 Å². The van der Waals surface area contributed by atoms with E-state index in [0.29, 0.717) is 44.3 Å². The molecule has 3 N–H and O–H groups in total. The summed E-state index contributed by atoms with van der Waals surface area (Å²) in [5, 5.41) is 11.7. The van der Waals surface area contributed by atoms with E-state index in [2.05, 4.69) is 25.7 Å². The van der Waals surface area contributed by atoms with Crippen molar-refractivity contribution in [1.29, 1.82) is 0 Å². The summed E-state index contributed by atoms with van der Waals surface area (Å²) in [6.07, 6.45) is -0.403. The minimum Gasteiger partial charge on any atom is -0.446 e. The van der Waals surface area contributed by atoms with Crippen LogP contribution in [0.3, 0.4) is 0 Å². The molecule has 1 heterocycles. The summed E-state index contributed by atoms with van der Waals surface area (Å²) < 4.78 is 45.7. The number of nitrogens with two attached hydrogens (primary N) is 1. The maximum absolute atomic E-state index is 13.5. The lowest BCUT2D eigenvalue weighted by Crippen LogP contribution is -2.55. The van der Waals surface area contributed by atoms with Gasteiger partial charge in [0.15, 0.2) is 0 Å². The van der Waals surface area contributed by atoms with Gasteiger partial charge in [-0.3, -0.25) is 4.90 Å². The number of hydrogen-bond donors (Lipinski definition) is 2. The van der Waals surface area contributed by atoms with E-state index in [-0.39, 0.29) is 17.6 Å². The zero-order valence-corrected chi connectivity index (χ0v) is 19.8. The van der Waals surface area contributed by atoms with E-state index in [0.717, 1.165) is 25.3 Å². The van der Waals surface area contributed by atoms with E-state index in [1.807, 2.05) is 0 Å². The van der Waals surface area contributed by atoms with Crippen LogP contribution in [-0.4, -0.2) is 46.9 Å². The van der Waals surface area contributed by atoms with Crippen molar-refractivity contribution in [2.45, 2.75) is 95.6 Å². The minimum absolute atomic E-state index is 0.0242. The summed E-state index contributed by atoms with van der Waals surface area (Å²) in [5.74, 6) is -0.446. The number of amides is 1. The largest absolute Gasteiger partial charge is 0.446 e. The highest BCUT2D eigenvalue weighted by molar-refractivity contribution is 5.64. The fraction of sp³-hybridized carbons (Fsp3) is 0.720. The summed E-state index contributed by atoms with van der Waals surface area (Å²) >= 11 is 0. The fourth-order valence-electron chi connectivity index (χ4n) is 5.64. The molecule has 1 aliphatic heterocycles. The molecule has 0 radical (unpaired) electrons. The molecule has 0 bridgehead atoms.